The molecule has 9 heteroatoms. The van der Waals surface area contributed by atoms with Gasteiger partial charge < -0.3 is 21.3 Å². The number of guanidine groups is 1. The molecule has 6 nitrogen and oxygen atoms in total. The van der Waals surface area contributed by atoms with Gasteiger partial charge in [0.25, 0.3) is 0 Å². The molecule has 4 N–H and O–H groups in total. The Morgan fingerprint density at radius 2 is 2.07 bits per heavy atom. The number of amides is 1. The first-order valence-corrected chi connectivity index (χ1v) is 9.02. The van der Waals surface area contributed by atoms with Gasteiger partial charge >= 0.3 is 0 Å². The third-order valence-electron chi connectivity index (χ3n) is 4.67. The van der Waals surface area contributed by atoms with E-state index >= 15 is 0 Å². The highest BCUT2D eigenvalue weighted by Gasteiger charge is 2.25. The number of anilines is 1. The molecule has 0 aromatic heterocycles. The molecular formula is C20H24F2IN5O. The van der Waals surface area contributed by atoms with Crippen LogP contribution in [0.15, 0.2) is 47.5 Å². The molecule has 0 radical (unpaired) electrons. The lowest BCUT2D eigenvalue weighted by Gasteiger charge is -2.21. The van der Waals surface area contributed by atoms with Crippen LogP contribution in [0.4, 0.5) is 14.5 Å². The number of carbonyl (C=O) groups is 1. The summed E-state index contributed by atoms with van der Waals surface area (Å²) >= 11 is 0. The van der Waals surface area contributed by atoms with Crippen LogP contribution in [0.3, 0.4) is 0 Å². The van der Waals surface area contributed by atoms with Crippen molar-refractivity contribution in [2.45, 2.75) is 19.0 Å². The van der Waals surface area contributed by atoms with Gasteiger partial charge in [-0.1, -0.05) is 12.1 Å². The van der Waals surface area contributed by atoms with Crippen molar-refractivity contribution in [1.82, 2.24) is 10.6 Å². The molecule has 3 rings (SSSR count). The number of hydrogen-bond acceptors (Lipinski definition) is 3. The number of aliphatic imine (C=N–C) groups is 1. The minimum absolute atomic E-state index is 0. The molecule has 29 heavy (non-hydrogen) atoms. The molecular weight excluding hydrogens is 491 g/mol. The molecule has 1 fully saturated rings. The summed E-state index contributed by atoms with van der Waals surface area (Å²) in [6.45, 7) is 1.72. The summed E-state index contributed by atoms with van der Waals surface area (Å²) in [5, 5.41) is 6.51. The first kappa shape index (κ1) is 22.9. The highest BCUT2D eigenvalue weighted by Crippen LogP contribution is 2.24. The van der Waals surface area contributed by atoms with Crippen LogP contribution in [0, 0.1) is 11.6 Å². The number of benzene rings is 2. The van der Waals surface area contributed by atoms with Crippen LogP contribution in [-0.2, 0) is 6.54 Å². The number of nitrogens with one attached hydrogen (secondary N) is 2. The first-order valence-electron chi connectivity index (χ1n) is 9.02. The van der Waals surface area contributed by atoms with Crippen LogP contribution < -0.4 is 21.3 Å². The fraction of sp³-hybridized carbons (Fsp3) is 0.300. The van der Waals surface area contributed by atoms with E-state index in [1.807, 2.05) is 11.0 Å². The zero-order valence-corrected chi connectivity index (χ0v) is 18.3. The second-order valence-corrected chi connectivity index (χ2v) is 6.66. The number of hydrogen-bond donors (Lipinski definition) is 3. The third kappa shape index (κ3) is 6.02. The van der Waals surface area contributed by atoms with E-state index in [0.717, 1.165) is 18.1 Å². The van der Waals surface area contributed by atoms with Crippen molar-refractivity contribution in [2.75, 3.05) is 25.0 Å². The van der Waals surface area contributed by atoms with Crippen molar-refractivity contribution in [2.24, 2.45) is 10.7 Å². The molecule has 1 aliphatic rings. The Morgan fingerprint density at radius 3 is 2.76 bits per heavy atom. The monoisotopic (exact) mass is 515 g/mol. The highest BCUT2D eigenvalue weighted by molar-refractivity contribution is 14.0. The molecule has 1 unspecified atom stereocenters. The second kappa shape index (κ2) is 10.4. The molecule has 1 amide bonds. The molecule has 1 heterocycles. The smallest absolute Gasteiger partial charge is 0.248 e. The van der Waals surface area contributed by atoms with Crippen molar-refractivity contribution in [3.8, 4) is 0 Å². The summed E-state index contributed by atoms with van der Waals surface area (Å²) in [6, 6.07) is 10.8. The highest BCUT2D eigenvalue weighted by atomic mass is 127. The van der Waals surface area contributed by atoms with Crippen molar-refractivity contribution in [3.63, 3.8) is 0 Å². The number of halogens is 3. The maximum atomic E-state index is 14.0. The van der Waals surface area contributed by atoms with E-state index in [9.17, 15) is 13.6 Å². The number of nitrogens with two attached hydrogens (primary N) is 1. The van der Waals surface area contributed by atoms with Gasteiger partial charge in [0.2, 0.25) is 5.91 Å². The van der Waals surface area contributed by atoms with Gasteiger partial charge in [0.05, 0.1) is 5.69 Å². The molecule has 2 aromatic carbocycles. The summed E-state index contributed by atoms with van der Waals surface area (Å²) in [6.07, 6.45) is 0.800. The fourth-order valence-corrected chi connectivity index (χ4v) is 3.24. The maximum Gasteiger partial charge on any atom is 0.248 e. The lowest BCUT2D eigenvalue weighted by Crippen LogP contribution is -2.44. The van der Waals surface area contributed by atoms with Crippen LogP contribution >= 0.6 is 24.0 Å². The molecule has 0 bridgehead atoms. The summed E-state index contributed by atoms with van der Waals surface area (Å²) in [5.74, 6) is -1.00. The van der Waals surface area contributed by atoms with Crippen molar-refractivity contribution in [3.05, 3.63) is 65.2 Å². The average Bonchev–Trinajstić information content (AvgIpc) is 3.13. The normalized spacial score (nSPS) is 16.3. The van der Waals surface area contributed by atoms with E-state index < -0.39 is 17.5 Å². The Bertz CT molecular complexity index is 893. The zero-order valence-electron chi connectivity index (χ0n) is 16.0. The van der Waals surface area contributed by atoms with E-state index in [1.54, 1.807) is 25.2 Å². The van der Waals surface area contributed by atoms with Gasteiger partial charge in [-0.3, -0.25) is 9.79 Å². The van der Waals surface area contributed by atoms with Gasteiger partial charge in [-0.05, 0) is 36.2 Å². The Kier molecular flexibility index (Phi) is 8.18. The topological polar surface area (TPSA) is 82.7 Å². The number of rotatable bonds is 5. The van der Waals surface area contributed by atoms with Crippen molar-refractivity contribution >= 4 is 41.5 Å². The maximum absolute atomic E-state index is 14.0. The molecule has 1 aliphatic heterocycles. The molecule has 156 valence electrons. The van der Waals surface area contributed by atoms with Gasteiger partial charge in [0, 0.05) is 44.4 Å². The molecule has 1 atom stereocenters. The van der Waals surface area contributed by atoms with E-state index in [1.165, 1.54) is 12.1 Å². The van der Waals surface area contributed by atoms with Crippen LogP contribution in [0.5, 0.6) is 0 Å². The lowest BCUT2D eigenvalue weighted by molar-refractivity contribution is 0.1000. The molecule has 1 saturated heterocycles. The predicted octanol–water partition coefficient (Wildman–Crippen LogP) is 2.63. The van der Waals surface area contributed by atoms with E-state index in [4.69, 9.17) is 5.73 Å². The van der Waals surface area contributed by atoms with E-state index in [-0.39, 0.29) is 30.0 Å². The zero-order chi connectivity index (χ0) is 20.1. The quantitative estimate of drug-likeness (QED) is 0.325. The van der Waals surface area contributed by atoms with Crippen LogP contribution in [0.1, 0.15) is 22.3 Å². The van der Waals surface area contributed by atoms with Gasteiger partial charge in [-0.15, -0.1) is 24.0 Å². The van der Waals surface area contributed by atoms with Crippen LogP contribution in [0.25, 0.3) is 0 Å². The Hall–Kier alpha value is -2.43. The predicted molar refractivity (Wildman–Crippen MR) is 121 cm³/mol. The minimum atomic E-state index is -0.583. The number of nitrogens with zero attached hydrogens (tertiary/aromatic N) is 2. The summed E-state index contributed by atoms with van der Waals surface area (Å²) < 4.78 is 27.1. The average molecular weight is 515 g/mol. The Labute approximate surface area is 185 Å². The molecule has 2 aromatic rings. The third-order valence-corrected chi connectivity index (χ3v) is 4.67. The van der Waals surface area contributed by atoms with Gasteiger partial charge in [0.15, 0.2) is 5.96 Å². The Balaban J connectivity index is 0.00000300. The van der Waals surface area contributed by atoms with Crippen molar-refractivity contribution in [1.29, 1.82) is 0 Å². The molecule has 0 saturated carbocycles. The molecule has 0 spiro atoms. The largest absolute Gasteiger partial charge is 0.367 e. The SMILES string of the molecule is CN=C(NCc1cccc(C(N)=O)c1)NC1CCN(c2ccc(F)cc2F)C1.I. The number of carbonyl (C=O) groups excluding carboxylic acids is 1. The lowest BCUT2D eigenvalue weighted by atomic mass is 10.1. The van der Waals surface area contributed by atoms with Gasteiger partial charge in [-0.25, -0.2) is 8.78 Å². The van der Waals surface area contributed by atoms with Gasteiger partial charge in [-0.2, -0.15) is 0 Å². The fourth-order valence-electron chi connectivity index (χ4n) is 3.24. The van der Waals surface area contributed by atoms with Crippen LogP contribution in [0.2, 0.25) is 0 Å². The van der Waals surface area contributed by atoms with E-state index in [0.29, 0.717) is 36.8 Å². The summed E-state index contributed by atoms with van der Waals surface area (Å²) in [4.78, 5) is 17.4. The molecule has 0 aliphatic carbocycles. The van der Waals surface area contributed by atoms with E-state index in [2.05, 4.69) is 15.6 Å². The summed E-state index contributed by atoms with van der Waals surface area (Å²) in [5.41, 5.74) is 7.06. The summed E-state index contributed by atoms with van der Waals surface area (Å²) in [7, 11) is 1.67. The van der Waals surface area contributed by atoms with Gasteiger partial charge in [0.1, 0.15) is 11.6 Å². The van der Waals surface area contributed by atoms with Crippen LogP contribution in [-0.4, -0.2) is 38.0 Å². The van der Waals surface area contributed by atoms with Crippen molar-refractivity contribution < 1.29 is 13.6 Å². The Morgan fingerprint density at radius 1 is 1.28 bits per heavy atom. The first-order chi connectivity index (χ1) is 13.5. The standard InChI is InChI=1S/C20H23F2N5O.HI/c1-24-20(25-11-13-3-2-4-14(9-13)19(23)28)26-16-7-8-27(12-16)18-6-5-15(21)10-17(18)22;/h2-6,9-10,16H,7-8,11-12H2,1H3,(H2,23,28)(H2,24,25,26);1H. The minimum Gasteiger partial charge on any atom is -0.367 e. The number of primary amides is 1. The second-order valence-electron chi connectivity index (χ2n) is 6.66.